The summed E-state index contributed by atoms with van der Waals surface area (Å²) in [5, 5.41) is 10.2. The van der Waals surface area contributed by atoms with Gasteiger partial charge in [-0.05, 0) is 75.0 Å². The summed E-state index contributed by atoms with van der Waals surface area (Å²) in [5.74, 6) is 2.83. The SMILES string of the molecule is CC(=O)[C@H]1CC[C@H]2[C@@H]3CC=C4CC(O)CC(Br)[C@]4(C)[C@H]3CC[C@]12C. The Balaban J connectivity index is 1.69. The normalized spacial score (nSPS) is 53.6. The van der Waals surface area contributed by atoms with Crippen LogP contribution in [0.5, 0.6) is 0 Å². The highest BCUT2D eigenvalue weighted by Crippen LogP contribution is 2.66. The van der Waals surface area contributed by atoms with Crippen LogP contribution >= 0.6 is 15.9 Å². The number of fused-ring (bicyclic) bond motifs is 5. The van der Waals surface area contributed by atoms with Crippen LogP contribution in [-0.2, 0) is 4.79 Å². The van der Waals surface area contributed by atoms with Crippen molar-refractivity contribution in [1.82, 2.24) is 0 Å². The van der Waals surface area contributed by atoms with Gasteiger partial charge in [-0.25, -0.2) is 0 Å². The van der Waals surface area contributed by atoms with E-state index in [2.05, 4.69) is 35.9 Å². The predicted molar refractivity (Wildman–Crippen MR) is 100.0 cm³/mol. The largest absolute Gasteiger partial charge is 0.393 e. The van der Waals surface area contributed by atoms with Crippen LogP contribution in [0.25, 0.3) is 0 Å². The van der Waals surface area contributed by atoms with Gasteiger partial charge in [0.2, 0.25) is 0 Å². The van der Waals surface area contributed by atoms with Gasteiger partial charge >= 0.3 is 0 Å². The molecule has 0 aromatic heterocycles. The van der Waals surface area contributed by atoms with Gasteiger partial charge in [0.1, 0.15) is 5.78 Å². The Morgan fingerprint density at radius 2 is 2.00 bits per heavy atom. The van der Waals surface area contributed by atoms with Crippen molar-refractivity contribution in [2.24, 2.45) is 34.5 Å². The molecule has 1 N–H and O–H groups in total. The van der Waals surface area contributed by atoms with Crippen LogP contribution in [0.1, 0.15) is 65.7 Å². The van der Waals surface area contributed by atoms with Gasteiger partial charge < -0.3 is 5.11 Å². The van der Waals surface area contributed by atoms with Crippen LogP contribution in [0.3, 0.4) is 0 Å². The van der Waals surface area contributed by atoms with Crippen LogP contribution in [0.4, 0.5) is 0 Å². The molecule has 0 radical (unpaired) electrons. The summed E-state index contributed by atoms with van der Waals surface area (Å²) >= 11 is 3.95. The van der Waals surface area contributed by atoms with Crippen molar-refractivity contribution in [2.75, 3.05) is 0 Å². The minimum atomic E-state index is -0.187. The third-order valence-electron chi connectivity index (χ3n) is 8.61. The molecule has 0 saturated heterocycles. The Kier molecular flexibility index (Phi) is 4.08. The molecule has 3 heteroatoms. The molecule has 2 nitrogen and oxygen atoms in total. The summed E-state index contributed by atoms with van der Waals surface area (Å²) in [4.78, 5) is 12.6. The van der Waals surface area contributed by atoms with Gasteiger partial charge in [-0.2, -0.15) is 0 Å². The lowest BCUT2D eigenvalue weighted by molar-refractivity contribution is -0.127. The summed E-state index contributed by atoms with van der Waals surface area (Å²) in [5.41, 5.74) is 1.91. The molecule has 0 spiro atoms. The zero-order valence-corrected chi connectivity index (χ0v) is 16.8. The van der Waals surface area contributed by atoms with Crippen molar-refractivity contribution in [1.29, 1.82) is 0 Å². The first-order valence-corrected chi connectivity index (χ1v) is 10.7. The topological polar surface area (TPSA) is 37.3 Å². The second-order valence-electron chi connectivity index (χ2n) is 9.47. The molecule has 0 aliphatic heterocycles. The van der Waals surface area contributed by atoms with Gasteiger partial charge in [0.25, 0.3) is 0 Å². The second-order valence-corrected chi connectivity index (χ2v) is 10.6. The molecular weight excluding hydrogens is 364 g/mol. The van der Waals surface area contributed by atoms with Gasteiger partial charge in [-0.15, -0.1) is 0 Å². The van der Waals surface area contributed by atoms with Gasteiger partial charge in [-0.1, -0.05) is 41.4 Å². The molecule has 134 valence electrons. The predicted octanol–water partition coefficient (Wildman–Crippen LogP) is 4.89. The minimum absolute atomic E-state index is 0.187. The smallest absolute Gasteiger partial charge is 0.133 e. The van der Waals surface area contributed by atoms with E-state index in [0.717, 1.165) is 31.6 Å². The average Bonchev–Trinajstić information content (AvgIpc) is 2.86. The molecule has 0 bridgehead atoms. The summed E-state index contributed by atoms with van der Waals surface area (Å²) in [7, 11) is 0. The Morgan fingerprint density at radius 3 is 2.71 bits per heavy atom. The second kappa shape index (κ2) is 5.67. The molecule has 4 aliphatic rings. The Labute approximate surface area is 154 Å². The zero-order valence-electron chi connectivity index (χ0n) is 15.2. The van der Waals surface area contributed by atoms with Crippen molar-refractivity contribution in [2.45, 2.75) is 76.6 Å². The number of aliphatic hydroxyl groups is 1. The Morgan fingerprint density at radius 1 is 1.25 bits per heavy atom. The maximum atomic E-state index is 12.2. The van der Waals surface area contributed by atoms with Crippen molar-refractivity contribution in [3.05, 3.63) is 11.6 Å². The summed E-state index contributed by atoms with van der Waals surface area (Å²) < 4.78 is 0. The number of allylic oxidation sites excluding steroid dienone is 1. The molecule has 4 rings (SSSR count). The number of aliphatic hydroxyl groups excluding tert-OH is 1. The molecule has 3 fully saturated rings. The summed E-state index contributed by atoms with van der Waals surface area (Å²) in [6, 6.07) is 0. The molecule has 0 aromatic rings. The van der Waals surface area contributed by atoms with Crippen LogP contribution in [0.15, 0.2) is 11.6 Å². The van der Waals surface area contributed by atoms with Crippen LogP contribution in [0.2, 0.25) is 0 Å². The lowest BCUT2D eigenvalue weighted by Crippen LogP contribution is -2.54. The maximum Gasteiger partial charge on any atom is 0.133 e. The third kappa shape index (κ3) is 2.19. The van der Waals surface area contributed by atoms with Gasteiger partial charge in [0.15, 0.2) is 0 Å². The van der Waals surface area contributed by atoms with E-state index in [1.807, 2.05) is 6.92 Å². The van der Waals surface area contributed by atoms with E-state index in [-0.39, 0.29) is 22.9 Å². The van der Waals surface area contributed by atoms with Crippen molar-refractivity contribution in [3.63, 3.8) is 0 Å². The fraction of sp³-hybridized carbons (Fsp3) is 0.857. The highest BCUT2D eigenvalue weighted by atomic mass is 79.9. The van der Waals surface area contributed by atoms with E-state index >= 15 is 0 Å². The number of ketones is 1. The molecule has 2 unspecified atom stereocenters. The fourth-order valence-electron chi connectivity index (χ4n) is 7.32. The molecule has 4 aliphatic carbocycles. The van der Waals surface area contributed by atoms with Crippen LogP contribution in [0, 0.1) is 34.5 Å². The van der Waals surface area contributed by atoms with Crippen molar-refractivity contribution < 1.29 is 9.90 Å². The van der Waals surface area contributed by atoms with E-state index in [9.17, 15) is 9.90 Å². The van der Waals surface area contributed by atoms with Crippen molar-refractivity contribution in [3.8, 4) is 0 Å². The number of alkyl halides is 1. The number of hydrogen-bond donors (Lipinski definition) is 1. The molecule has 0 heterocycles. The molecule has 8 atom stereocenters. The van der Waals surface area contributed by atoms with Gasteiger partial charge in [-0.3, -0.25) is 4.79 Å². The van der Waals surface area contributed by atoms with E-state index in [0.29, 0.717) is 22.4 Å². The van der Waals surface area contributed by atoms with E-state index in [4.69, 9.17) is 0 Å². The maximum absolute atomic E-state index is 12.2. The lowest BCUT2D eigenvalue weighted by Gasteiger charge is -2.59. The fourth-order valence-corrected chi connectivity index (χ4v) is 8.39. The first-order valence-electron chi connectivity index (χ1n) is 9.80. The van der Waals surface area contributed by atoms with Gasteiger partial charge in [0.05, 0.1) is 6.10 Å². The Hall–Kier alpha value is -0.150. The molecule has 3 saturated carbocycles. The lowest BCUT2D eigenvalue weighted by atomic mass is 9.47. The summed E-state index contributed by atoms with van der Waals surface area (Å²) in [6.45, 7) is 6.66. The van der Waals surface area contributed by atoms with E-state index in [1.165, 1.54) is 24.8 Å². The van der Waals surface area contributed by atoms with E-state index in [1.54, 1.807) is 0 Å². The molecule has 0 aromatic carbocycles. The highest BCUT2D eigenvalue weighted by Gasteiger charge is 2.60. The van der Waals surface area contributed by atoms with Crippen molar-refractivity contribution >= 4 is 21.7 Å². The molecular formula is C21H31BrO2. The first-order chi connectivity index (χ1) is 11.3. The van der Waals surface area contributed by atoms with E-state index < -0.39 is 0 Å². The monoisotopic (exact) mass is 394 g/mol. The Bertz CT molecular complexity index is 584. The molecule has 24 heavy (non-hydrogen) atoms. The van der Waals surface area contributed by atoms with Crippen LogP contribution in [-0.4, -0.2) is 21.8 Å². The zero-order chi connectivity index (χ0) is 17.3. The number of hydrogen-bond acceptors (Lipinski definition) is 2. The highest BCUT2D eigenvalue weighted by molar-refractivity contribution is 9.09. The van der Waals surface area contributed by atoms with Gasteiger partial charge in [0, 0.05) is 16.2 Å². The number of rotatable bonds is 1. The minimum Gasteiger partial charge on any atom is -0.393 e. The number of carbonyl (C=O) groups is 1. The third-order valence-corrected chi connectivity index (χ3v) is 9.94. The number of carbonyl (C=O) groups excluding carboxylic acids is 1. The summed E-state index contributed by atoms with van der Waals surface area (Å²) in [6.07, 6.45) is 9.95. The average molecular weight is 395 g/mol. The molecule has 0 amide bonds. The number of halogens is 1. The number of Topliss-reactive ketones (excluding diaryl/α,β-unsaturated/α-hetero) is 1. The van der Waals surface area contributed by atoms with Crippen LogP contribution < -0.4 is 0 Å². The standard InChI is InChI=1S/C21H31BrO2/c1-12(23)16-6-7-17-15-5-4-13-10-14(24)11-19(22)21(13,3)18(15)8-9-20(16,17)2/h4,14-19,24H,5-11H2,1-3H3/t14?,15-,16+,17-,18-,19?,20+,21-/m0/s1. The quantitative estimate of drug-likeness (QED) is 0.507. The first kappa shape index (κ1) is 17.3.